The lowest BCUT2D eigenvalue weighted by molar-refractivity contribution is 0.0800. The highest BCUT2D eigenvalue weighted by Gasteiger charge is 2.18. The Morgan fingerprint density at radius 1 is 1.67 bits per heavy atom. The quantitative estimate of drug-likeness (QED) is 0.813. The first kappa shape index (κ1) is 11.8. The number of thiazole rings is 1. The van der Waals surface area contributed by atoms with Crippen LogP contribution in [0.2, 0.25) is 0 Å². The van der Waals surface area contributed by atoms with E-state index in [1.165, 1.54) is 11.3 Å². The Morgan fingerprint density at radius 2 is 2.33 bits per heavy atom. The molecule has 0 aliphatic heterocycles. The zero-order valence-corrected chi connectivity index (χ0v) is 10.0. The first-order valence-electron chi connectivity index (χ1n) is 4.79. The molecule has 15 heavy (non-hydrogen) atoms. The van der Waals surface area contributed by atoms with E-state index < -0.39 is 0 Å². The van der Waals surface area contributed by atoms with Gasteiger partial charge in [0.05, 0.1) is 0 Å². The minimum atomic E-state index is -0.0617. The molecule has 0 unspecified atom stereocenters. The largest absolute Gasteiger partial charge is 0.382 e. The van der Waals surface area contributed by atoms with Crippen LogP contribution in [0.3, 0.4) is 0 Å². The Kier molecular flexibility index (Phi) is 3.90. The average Bonchev–Trinajstić information content (AvgIpc) is 2.59. The van der Waals surface area contributed by atoms with Crippen molar-refractivity contribution in [2.24, 2.45) is 0 Å². The number of nitrogen functional groups attached to an aromatic ring is 1. The average molecular weight is 228 g/mol. The van der Waals surface area contributed by atoms with Gasteiger partial charge in [-0.1, -0.05) is 18.3 Å². The number of anilines is 2. The van der Waals surface area contributed by atoms with E-state index in [2.05, 4.69) is 10.3 Å². The molecular weight excluding hydrogens is 212 g/mol. The highest BCUT2D eigenvalue weighted by atomic mass is 32.1. The van der Waals surface area contributed by atoms with Gasteiger partial charge in [-0.3, -0.25) is 4.79 Å². The van der Waals surface area contributed by atoms with Crippen molar-refractivity contribution in [1.82, 2.24) is 9.88 Å². The summed E-state index contributed by atoms with van der Waals surface area (Å²) >= 11 is 1.28. The molecule has 1 rings (SSSR count). The molecule has 0 radical (unpaired) electrons. The fraction of sp³-hybridized carbons (Fsp3) is 0.556. The summed E-state index contributed by atoms with van der Waals surface area (Å²) in [7, 11) is 3.52. The van der Waals surface area contributed by atoms with Crippen molar-refractivity contribution >= 4 is 28.2 Å². The van der Waals surface area contributed by atoms with E-state index in [0.29, 0.717) is 15.8 Å². The maximum atomic E-state index is 11.9. The Bertz CT molecular complexity index is 350. The number of rotatable bonds is 4. The smallest absolute Gasteiger partial charge is 0.267 e. The third-order valence-electron chi connectivity index (χ3n) is 1.97. The van der Waals surface area contributed by atoms with Crippen molar-refractivity contribution in [2.45, 2.75) is 13.3 Å². The monoisotopic (exact) mass is 228 g/mol. The van der Waals surface area contributed by atoms with Gasteiger partial charge in [0, 0.05) is 20.6 Å². The number of carbonyl (C=O) groups is 1. The van der Waals surface area contributed by atoms with Gasteiger partial charge in [0.15, 0.2) is 5.13 Å². The van der Waals surface area contributed by atoms with Gasteiger partial charge >= 0.3 is 0 Å². The van der Waals surface area contributed by atoms with Crippen LogP contribution in [-0.2, 0) is 0 Å². The minimum absolute atomic E-state index is 0.0617. The minimum Gasteiger partial charge on any atom is -0.382 e. The van der Waals surface area contributed by atoms with Crippen LogP contribution in [0.5, 0.6) is 0 Å². The lowest BCUT2D eigenvalue weighted by Crippen LogP contribution is -2.27. The van der Waals surface area contributed by atoms with Crippen molar-refractivity contribution in [1.29, 1.82) is 0 Å². The number of aromatic nitrogens is 1. The summed E-state index contributed by atoms with van der Waals surface area (Å²) in [6.07, 6.45) is 0.930. The van der Waals surface area contributed by atoms with Crippen LogP contribution in [0.1, 0.15) is 23.0 Å². The number of hydrogen-bond acceptors (Lipinski definition) is 5. The van der Waals surface area contributed by atoms with Gasteiger partial charge in [-0.25, -0.2) is 4.98 Å². The van der Waals surface area contributed by atoms with Gasteiger partial charge < -0.3 is 16.0 Å². The Labute approximate surface area is 93.3 Å². The molecule has 3 N–H and O–H groups in total. The number of carbonyl (C=O) groups excluding carboxylic acids is 1. The fourth-order valence-electron chi connectivity index (χ4n) is 1.20. The van der Waals surface area contributed by atoms with Crippen LogP contribution in [0, 0.1) is 0 Å². The molecule has 1 aromatic heterocycles. The van der Waals surface area contributed by atoms with Crippen molar-refractivity contribution in [2.75, 3.05) is 31.7 Å². The summed E-state index contributed by atoms with van der Waals surface area (Å²) in [4.78, 5) is 18.1. The number of nitrogens with one attached hydrogen (secondary N) is 1. The molecule has 0 saturated heterocycles. The molecule has 84 valence electrons. The molecule has 5 nitrogen and oxygen atoms in total. The molecule has 1 heterocycles. The van der Waals surface area contributed by atoms with Crippen LogP contribution < -0.4 is 11.1 Å². The maximum Gasteiger partial charge on any atom is 0.267 e. The summed E-state index contributed by atoms with van der Waals surface area (Å²) < 4.78 is 0. The van der Waals surface area contributed by atoms with E-state index in [4.69, 9.17) is 5.73 Å². The van der Waals surface area contributed by atoms with Crippen LogP contribution in [-0.4, -0.2) is 36.4 Å². The first-order valence-corrected chi connectivity index (χ1v) is 5.61. The molecule has 0 spiro atoms. The number of nitrogens with zero attached hydrogens (tertiary/aromatic N) is 2. The van der Waals surface area contributed by atoms with E-state index in [9.17, 15) is 4.79 Å². The standard InChI is InChI=1S/C9H16N4OS/c1-4-5-13(3)8(14)6-7(10)12-9(11-2)15-6/h4-5,10H2,1-3H3,(H,11,12). The number of hydrogen-bond donors (Lipinski definition) is 2. The summed E-state index contributed by atoms with van der Waals surface area (Å²) in [6, 6.07) is 0. The predicted octanol–water partition coefficient (Wildman–Crippen LogP) is 1.25. The van der Waals surface area contributed by atoms with Gasteiger partial charge in [0.25, 0.3) is 5.91 Å². The van der Waals surface area contributed by atoms with Crippen molar-refractivity contribution in [3.05, 3.63) is 4.88 Å². The Balaban J connectivity index is 2.85. The molecule has 0 bridgehead atoms. The topological polar surface area (TPSA) is 71.2 Å². The highest BCUT2D eigenvalue weighted by Crippen LogP contribution is 2.25. The van der Waals surface area contributed by atoms with Crippen molar-refractivity contribution < 1.29 is 4.79 Å². The highest BCUT2D eigenvalue weighted by molar-refractivity contribution is 7.18. The van der Waals surface area contributed by atoms with Crippen LogP contribution >= 0.6 is 11.3 Å². The molecule has 0 fully saturated rings. The second-order valence-corrected chi connectivity index (χ2v) is 4.21. The van der Waals surface area contributed by atoms with Crippen LogP contribution in [0.15, 0.2) is 0 Å². The summed E-state index contributed by atoms with van der Waals surface area (Å²) in [5.41, 5.74) is 5.66. The first-order chi connectivity index (χ1) is 7.10. The zero-order chi connectivity index (χ0) is 11.4. The molecule has 0 saturated carbocycles. The maximum absolute atomic E-state index is 11.9. The van der Waals surface area contributed by atoms with Gasteiger partial charge in [0.2, 0.25) is 0 Å². The number of amides is 1. The lowest BCUT2D eigenvalue weighted by atomic mass is 10.4. The second kappa shape index (κ2) is 4.97. The molecular formula is C9H16N4OS. The summed E-state index contributed by atoms with van der Waals surface area (Å²) in [6.45, 7) is 2.75. The van der Waals surface area contributed by atoms with Gasteiger partial charge in [-0.2, -0.15) is 0 Å². The fourth-order valence-corrected chi connectivity index (χ4v) is 2.04. The number of nitrogens with two attached hydrogens (primary N) is 1. The van der Waals surface area contributed by atoms with Crippen LogP contribution in [0.25, 0.3) is 0 Å². The van der Waals surface area contributed by atoms with E-state index >= 15 is 0 Å². The van der Waals surface area contributed by atoms with E-state index in [0.717, 1.165) is 13.0 Å². The summed E-state index contributed by atoms with van der Waals surface area (Å²) in [5, 5.41) is 3.54. The van der Waals surface area contributed by atoms with Crippen LogP contribution in [0.4, 0.5) is 10.9 Å². The van der Waals surface area contributed by atoms with E-state index in [-0.39, 0.29) is 5.91 Å². The molecule has 1 amide bonds. The Hall–Kier alpha value is -1.30. The van der Waals surface area contributed by atoms with Crippen molar-refractivity contribution in [3.8, 4) is 0 Å². The molecule has 6 heteroatoms. The molecule has 0 aromatic carbocycles. The predicted molar refractivity (Wildman–Crippen MR) is 63.3 cm³/mol. The zero-order valence-electron chi connectivity index (χ0n) is 9.20. The third kappa shape index (κ3) is 2.59. The molecule has 0 atom stereocenters. The third-order valence-corrected chi connectivity index (χ3v) is 3.04. The van der Waals surface area contributed by atoms with Gasteiger partial charge in [-0.15, -0.1) is 0 Å². The Morgan fingerprint density at radius 3 is 2.80 bits per heavy atom. The normalized spacial score (nSPS) is 10.1. The molecule has 0 aliphatic rings. The van der Waals surface area contributed by atoms with E-state index in [1.54, 1.807) is 19.0 Å². The summed E-state index contributed by atoms with van der Waals surface area (Å²) in [5.74, 6) is 0.241. The second-order valence-electron chi connectivity index (χ2n) is 3.21. The van der Waals surface area contributed by atoms with Gasteiger partial charge in [-0.05, 0) is 6.42 Å². The SMILES string of the molecule is CCCN(C)C(=O)c1sc(NC)nc1N. The molecule has 0 aliphatic carbocycles. The van der Waals surface area contributed by atoms with Gasteiger partial charge in [0.1, 0.15) is 10.7 Å². The lowest BCUT2D eigenvalue weighted by Gasteiger charge is -2.14. The van der Waals surface area contributed by atoms with E-state index in [1.807, 2.05) is 6.92 Å². The molecule has 1 aromatic rings. The van der Waals surface area contributed by atoms with Crippen molar-refractivity contribution in [3.63, 3.8) is 0 Å².